The zero-order chi connectivity index (χ0) is 17.1. The van der Waals surface area contributed by atoms with E-state index in [0.717, 1.165) is 0 Å². The van der Waals surface area contributed by atoms with Crippen molar-refractivity contribution in [1.29, 1.82) is 0 Å². The maximum Gasteiger partial charge on any atom is 0.253 e. The van der Waals surface area contributed by atoms with Gasteiger partial charge in [0.25, 0.3) is 5.91 Å². The average Bonchev–Trinajstić information content (AvgIpc) is 2.50. The van der Waals surface area contributed by atoms with Crippen LogP contribution in [0.3, 0.4) is 0 Å². The third-order valence-electron chi connectivity index (χ3n) is 1.31. The third-order valence-corrected chi connectivity index (χ3v) is 1.31. The van der Waals surface area contributed by atoms with Gasteiger partial charge in [-0.15, -0.1) is 26.3 Å². The Bertz CT molecular complexity index is 228. The highest BCUT2D eigenvalue weighted by atomic mass is 16.3. The van der Waals surface area contributed by atoms with Crippen molar-refractivity contribution in [3.8, 4) is 0 Å². The monoisotopic (exact) mass is 291 g/mol. The molecule has 0 saturated heterocycles. The van der Waals surface area contributed by atoms with Crippen LogP contribution >= 0.6 is 0 Å². The molecule has 9 N–H and O–H groups in total. The molecule has 1 unspecified atom stereocenters. The van der Waals surface area contributed by atoms with Gasteiger partial charge in [0, 0.05) is 6.54 Å². The van der Waals surface area contributed by atoms with Crippen LogP contribution in [-0.4, -0.2) is 53.9 Å². The minimum Gasteiger partial charge on any atom is -0.382 e. The van der Waals surface area contributed by atoms with Gasteiger partial charge in [-0.25, -0.2) is 0 Å². The van der Waals surface area contributed by atoms with Gasteiger partial charge in [-0.1, -0.05) is 0 Å². The van der Waals surface area contributed by atoms with E-state index in [1.54, 1.807) is 0 Å². The Morgan fingerprint density at radius 2 is 1.55 bits per heavy atom. The summed E-state index contributed by atoms with van der Waals surface area (Å²) in [5.41, 5.74) is 15.0. The second-order valence-electron chi connectivity index (χ2n) is 2.71. The number of hydrogen-bond acceptors (Lipinski definition) is 7. The summed E-state index contributed by atoms with van der Waals surface area (Å²) < 4.78 is 0. The Hall–Kier alpha value is -1.58. The molecule has 20 heavy (non-hydrogen) atoms. The van der Waals surface area contributed by atoms with Crippen LogP contribution in [0.2, 0.25) is 0 Å². The maximum absolute atomic E-state index is 10.9. The van der Waals surface area contributed by atoms with Crippen LogP contribution in [0.5, 0.6) is 0 Å². The first kappa shape index (κ1) is 26.9. The molecular formula is C12H27N4O4. The number of carbonyl (C=O) groups is 2. The van der Waals surface area contributed by atoms with Crippen LogP contribution in [0.25, 0.3) is 0 Å². The lowest BCUT2D eigenvalue weighted by Gasteiger charge is -2.16. The lowest BCUT2D eigenvalue weighted by molar-refractivity contribution is -0.140. The smallest absolute Gasteiger partial charge is 0.253 e. The lowest BCUT2D eigenvalue weighted by Crippen LogP contribution is -2.52. The molecule has 1 amide bonds. The number of amides is 1. The quantitative estimate of drug-likeness (QED) is 0.187. The van der Waals surface area contributed by atoms with Crippen molar-refractivity contribution in [3.05, 3.63) is 33.2 Å². The fourth-order valence-corrected chi connectivity index (χ4v) is 0.557. The topological polar surface area (TPSA) is 165 Å². The molecule has 0 aliphatic rings. The first-order valence-corrected chi connectivity index (χ1v) is 5.51. The summed E-state index contributed by atoms with van der Waals surface area (Å²) in [5.74, 6) is -0.933. The highest BCUT2D eigenvalue weighted by molar-refractivity contribution is 5.84. The maximum atomic E-state index is 10.9. The molecule has 0 spiro atoms. The molecule has 8 heteroatoms. The van der Waals surface area contributed by atoms with E-state index in [9.17, 15) is 9.59 Å². The normalized spacial score (nSPS) is 12.5. The number of nitrogens with two attached hydrogens (primary N) is 3. The Kier molecular flexibility index (Phi) is 30.4. The van der Waals surface area contributed by atoms with E-state index >= 15 is 0 Å². The molecule has 0 rings (SSSR count). The molecule has 0 aliphatic carbocycles. The summed E-state index contributed by atoms with van der Waals surface area (Å²) in [6, 6.07) is 0. The van der Waals surface area contributed by atoms with Gasteiger partial charge in [0.15, 0.2) is 12.4 Å². The van der Waals surface area contributed by atoms with E-state index < -0.39 is 24.3 Å². The molecule has 0 aliphatic heterocycles. The number of carbonyl (C=O) groups excluding carboxylic acids is 2. The van der Waals surface area contributed by atoms with Gasteiger partial charge in [-0.2, -0.15) is 0 Å². The molecule has 0 aromatic carbocycles. The van der Waals surface area contributed by atoms with Gasteiger partial charge in [0.1, 0.15) is 6.10 Å². The van der Waals surface area contributed by atoms with Crippen molar-refractivity contribution in [2.75, 3.05) is 13.1 Å². The standard InChI is InChI=1S/C6H13N3O4.C2H6N.2C2H4/c7-1-4(8)9-6(13)5(12)3(11)2-10;1-2-3;2*1-2/h2-5,11-12H,1,7-8H2,(H,9,13);1-3H2;2*1-2H2/t3-,4?,5+;;;/m0.../s1. The van der Waals surface area contributed by atoms with Crippen LogP contribution in [0.15, 0.2) is 26.3 Å². The van der Waals surface area contributed by atoms with Crippen LogP contribution in [0.4, 0.5) is 0 Å². The molecule has 8 nitrogen and oxygen atoms in total. The first-order valence-electron chi connectivity index (χ1n) is 5.51. The molecular weight excluding hydrogens is 264 g/mol. The van der Waals surface area contributed by atoms with Crippen molar-refractivity contribution in [2.45, 2.75) is 18.4 Å². The first-order chi connectivity index (χ1) is 9.44. The summed E-state index contributed by atoms with van der Waals surface area (Å²) in [5, 5.41) is 19.8. The molecule has 0 fully saturated rings. The van der Waals surface area contributed by atoms with Crippen molar-refractivity contribution in [2.24, 2.45) is 17.2 Å². The number of aliphatic hydroxyl groups is 2. The molecule has 3 atom stereocenters. The highest BCUT2D eigenvalue weighted by Crippen LogP contribution is 1.90. The van der Waals surface area contributed by atoms with Crippen LogP contribution in [0.1, 0.15) is 0 Å². The minimum atomic E-state index is -1.81. The Balaban J connectivity index is -0.000000155. The van der Waals surface area contributed by atoms with Crippen molar-refractivity contribution >= 4 is 12.2 Å². The number of nitrogens with one attached hydrogen (secondary N) is 1. The van der Waals surface area contributed by atoms with Gasteiger partial charge >= 0.3 is 0 Å². The van der Waals surface area contributed by atoms with Gasteiger partial charge in [0.05, 0.1) is 6.17 Å². The van der Waals surface area contributed by atoms with Gasteiger partial charge in [-0.3, -0.25) is 4.79 Å². The Morgan fingerprint density at radius 1 is 1.20 bits per heavy atom. The van der Waals surface area contributed by atoms with E-state index in [4.69, 9.17) is 27.4 Å². The molecule has 1 radical (unpaired) electrons. The lowest BCUT2D eigenvalue weighted by atomic mass is 10.2. The highest BCUT2D eigenvalue weighted by Gasteiger charge is 2.24. The van der Waals surface area contributed by atoms with Crippen LogP contribution in [0, 0.1) is 6.92 Å². The summed E-state index contributed by atoms with van der Waals surface area (Å²) in [6.07, 6.45) is -4.31. The SMILES string of the molecule is C=C.C=C.NCC(N)NC(=O)[C@H](O)[C@@H](O)C=O.[CH2]CN. The summed E-state index contributed by atoms with van der Waals surface area (Å²) >= 11 is 0. The second kappa shape index (κ2) is 22.6. The Labute approximate surface area is 120 Å². The molecule has 0 saturated carbocycles. The third kappa shape index (κ3) is 18.8. The second-order valence-corrected chi connectivity index (χ2v) is 2.71. The predicted molar refractivity (Wildman–Crippen MR) is 80.2 cm³/mol. The van der Waals surface area contributed by atoms with E-state index in [2.05, 4.69) is 38.6 Å². The zero-order valence-corrected chi connectivity index (χ0v) is 11.7. The van der Waals surface area contributed by atoms with Gasteiger partial charge in [0.2, 0.25) is 0 Å². The van der Waals surface area contributed by atoms with Gasteiger partial charge in [-0.05, 0) is 13.5 Å². The number of aliphatic hydroxyl groups excluding tert-OH is 2. The molecule has 0 aromatic rings. The number of rotatable bonds is 5. The van der Waals surface area contributed by atoms with Crippen molar-refractivity contribution in [3.63, 3.8) is 0 Å². The van der Waals surface area contributed by atoms with Crippen molar-refractivity contribution in [1.82, 2.24) is 5.32 Å². The fraction of sp³-hybridized carbons (Fsp3) is 0.417. The summed E-state index contributed by atoms with van der Waals surface area (Å²) in [7, 11) is 0. The molecule has 0 heterocycles. The van der Waals surface area contributed by atoms with Crippen LogP contribution < -0.4 is 22.5 Å². The summed E-state index contributed by atoms with van der Waals surface area (Å²) in [6.45, 7) is 15.8. The molecule has 0 bridgehead atoms. The van der Waals surface area contributed by atoms with Gasteiger partial charge < -0.3 is 37.5 Å². The predicted octanol–water partition coefficient (Wildman–Crippen LogP) is -2.35. The Morgan fingerprint density at radius 3 is 1.80 bits per heavy atom. The zero-order valence-electron chi connectivity index (χ0n) is 11.7. The minimum absolute atomic E-state index is 0.00432. The van der Waals surface area contributed by atoms with Crippen molar-refractivity contribution < 1.29 is 19.8 Å². The number of aldehydes is 1. The summed E-state index contributed by atoms with van der Waals surface area (Å²) in [4.78, 5) is 20.9. The fourth-order valence-electron chi connectivity index (χ4n) is 0.557. The average molecular weight is 291 g/mol. The van der Waals surface area contributed by atoms with E-state index in [1.165, 1.54) is 0 Å². The molecule has 119 valence electrons. The largest absolute Gasteiger partial charge is 0.382 e. The van der Waals surface area contributed by atoms with E-state index in [1.807, 2.05) is 0 Å². The van der Waals surface area contributed by atoms with E-state index in [0.29, 0.717) is 6.54 Å². The van der Waals surface area contributed by atoms with Crippen LogP contribution in [-0.2, 0) is 9.59 Å². The molecule has 0 aromatic heterocycles. The number of hydrogen-bond donors (Lipinski definition) is 6. The van der Waals surface area contributed by atoms with E-state index in [-0.39, 0.29) is 12.8 Å².